The molecule has 8 nitrogen and oxygen atoms in total. The Hall–Kier alpha value is -3.72. The molecular formula is C25H25N3O5S. The molecule has 0 fully saturated rings. The van der Waals surface area contributed by atoms with Gasteiger partial charge in [0.05, 0.1) is 28.6 Å². The highest BCUT2D eigenvalue weighted by Gasteiger charge is 2.28. The molecule has 0 unspecified atom stereocenters. The number of aromatic nitrogens is 1. The molecule has 2 aromatic carbocycles. The third-order valence-electron chi connectivity index (χ3n) is 5.19. The summed E-state index contributed by atoms with van der Waals surface area (Å²) in [6, 6.07) is 11.9. The number of amides is 2. The number of carbonyl (C=O) groups excluding carboxylic acids is 3. The molecule has 1 aliphatic rings. The van der Waals surface area contributed by atoms with Crippen molar-refractivity contribution in [2.45, 2.75) is 26.7 Å². The topological polar surface area (TPSA) is 97.8 Å². The Balaban J connectivity index is 1.49. The predicted molar refractivity (Wildman–Crippen MR) is 130 cm³/mol. The van der Waals surface area contributed by atoms with Gasteiger partial charge >= 0.3 is 5.97 Å². The molecule has 176 valence electrons. The standard InChI is InChI=1S/C25H25N3O5S/c1-3-5-23-27-19(15-34-23)17-8-11-21-20(12-17)28(24(30)14-33-21)13-22(29)26-18-9-6-16(7-10-18)25(31)32-4-2/h6-12,15H,3-5,13-14H2,1-2H3,(H,26,29). The van der Waals surface area contributed by atoms with Crippen molar-refractivity contribution in [2.24, 2.45) is 0 Å². The minimum atomic E-state index is -0.423. The van der Waals surface area contributed by atoms with Crippen LogP contribution in [-0.4, -0.2) is 42.5 Å². The molecule has 0 radical (unpaired) electrons. The Morgan fingerprint density at radius 2 is 1.97 bits per heavy atom. The lowest BCUT2D eigenvalue weighted by molar-refractivity contribution is -0.123. The van der Waals surface area contributed by atoms with Crippen molar-refractivity contribution in [3.8, 4) is 17.0 Å². The molecule has 3 aromatic rings. The molecule has 4 rings (SSSR count). The fourth-order valence-electron chi connectivity index (χ4n) is 3.56. The van der Waals surface area contributed by atoms with Gasteiger partial charge in [-0.2, -0.15) is 0 Å². The normalized spacial score (nSPS) is 12.6. The van der Waals surface area contributed by atoms with Gasteiger partial charge < -0.3 is 14.8 Å². The van der Waals surface area contributed by atoms with Crippen molar-refractivity contribution in [1.29, 1.82) is 0 Å². The van der Waals surface area contributed by atoms with Gasteiger partial charge in [0.1, 0.15) is 12.3 Å². The molecule has 2 amide bonds. The van der Waals surface area contributed by atoms with Crippen LogP contribution in [0.25, 0.3) is 11.3 Å². The monoisotopic (exact) mass is 479 g/mol. The second-order valence-corrected chi connectivity index (χ2v) is 8.62. The predicted octanol–water partition coefficient (Wildman–Crippen LogP) is 4.30. The number of anilines is 2. The van der Waals surface area contributed by atoms with Gasteiger partial charge in [-0.1, -0.05) is 6.92 Å². The summed E-state index contributed by atoms with van der Waals surface area (Å²) in [4.78, 5) is 43.2. The van der Waals surface area contributed by atoms with Crippen molar-refractivity contribution >= 4 is 40.5 Å². The van der Waals surface area contributed by atoms with E-state index >= 15 is 0 Å². The lowest BCUT2D eigenvalue weighted by Crippen LogP contribution is -2.43. The smallest absolute Gasteiger partial charge is 0.338 e. The summed E-state index contributed by atoms with van der Waals surface area (Å²) in [6.07, 6.45) is 1.94. The van der Waals surface area contributed by atoms with E-state index in [1.54, 1.807) is 48.6 Å². The lowest BCUT2D eigenvalue weighted by Gasteiger charge is -2.29. The van der Waals surface area contributed by atoms with Crippen LogP contribution < -0.4 is 15.0 Å². The minimum Gasteiger partial charge on any atom is -0.482 e. The third-order valence-corrected chi connectivity index (χ3v) is 6.10. The van der Waals surface area contributed by atoms with Gasteiger partial charge in [0.15, 0.2) is 6.61 Å². The molecule has 0 saturated heterocycles. The van der Waals surface area contributed by atoms with Crippen LogP contribution in [0, 0.1) is 0 Å². The number of rotatable bonds is 8. The fraction of sp³-hybridized carbons (Fsp3) is 0.280. The molecule has 1 aromatic heterocycles. The second kappa shape index (κ2) is 10.5. The number of esters is 1. The van der Waals surface area contributed by atoms with Crippen LogP contribution >= 0.6 is 11.3 Å². The highest BCUT2D eigenvalue weighted by atomic mass is 32.1. The van der Waals surface area contributed by atoms with Gasteiger partial charge in [0.25, 0.3) is 5.91 Å². The summed E-state index contributed by atoms with van der Waals surface area (Å²) in [5, 5.41) is 5.82. The van der Waals surface area contributed by atoms with Crippen molar-refractivity contribution in [2.75, 3.05) is 30.0 Å². The van der Waals surface area contributed by atoms with E-state index in [4.69, 9.17) is 9.47 Å². The van der Waals surface area contributed by atoms with Crippen LogP contribution in [0.5, 0.6) is 5.75 Å². The zero-order chi connectivity index (χ0) is 24.1. The number of nitrogens with zero attached hydrogens (tertiary/aromatic N) is 2. The molecule has 1 aliphatic heterocycles. The van der Waals surface area contributed by atoms with E-state index in [2.05, 4.69) is 17.2 Å². The zero-order valence-electron chi connectivity index (χ0n) is 19.0. The van der Waals surface area contributed by atoms with Gasteiger partial charge in [0.2, 0.25) is 5.91 Å². The molecule has 1 N–H and O–H groups in total. The van der Waals surface area contributed by atoms with E-state index < -0.39 is 5.97 Å². The molecular weight excluding hydrogens is 454 g/mol. The average Bonchev–Trinajstić information content (AvgIpc) is 3.30. The van der Waals surface area contributed by atoms with Gasteiger partial charge in [-0.05, 0) is 62.2 Å². The SMILES string of the molecule is CCCc1nc(-c2ccc3c(c2)N(CC(=O)Nc2ccc(C(=O)OCC)cc2)C(=O)CO3)cs1. The van der Waals surface area contributed by atoms with E-state index in [1.165, 1.54) is 4.90 Å². The average molecular weight is 480 g/mol. The van der Waals surface area contributed by atoms with Crippen LogP contribution in [0.1, 0.15) is 35.6 Å². The Labute approximate surface area is 201 Å². The number of carbonyl (C=O) groups is 3. The zero-order valence-corrected chi connectivity index (χ0v) is 19.8. The van der Waals surface area contributed by atoms with E-state index in [-0.39, 0.29) is 31.6 Å². The van der Waals surface area contributed by atoms with Gasteiger partial charge in [-0.3, -0.25) is 14.5 Å². The Morgan fingerprint density at radius 3 is 2.71 bits per heavy atom. The number of thiazole rings is 1. The Bertz CT molecular complexity index is 1210. The molecule has 0 spiro atoms. The van der Waals surface area contributed by atoms with E-state index in [0.717, 1.165) is 29.1 Å². The van der Waals surface area contributed by atoms with Gasteiger partial charge in [-0.25, -0.2) is 9.78 Å². The number of fused-ring (bicyclic) bond motifs is 1. The molecule has 0 bridgehead atoms. The number of hydrogen-bond donors (Lipinski definition) is 1. The van der Waals surface area contributed by atoms with E-state index in [0.29, 0.717) is 22.7 Å². The van der Waals surface area contributed by atoms with Crippen molar-refractivity contribution < 1.29 is 23.9 Å². The highest BCUT2D eigenvalue weighted by molar-refractivity contribution is 7.09. The lowest BCUT2D eigenvalue weighted by atomic mass is 10.1. The van der Waals surface area contributed by atoms with Crippen molar-refractivity contribution in [3.63, 3.8) is 0 Å². The first-order valence-corrected chi connectivity index (χ1v) is 12.0. The fourth-order valence-corrected chi connectivity index (χ4v) is 4.46. The van der Waals surface area contributed by atoms with Crippen molar-refractivity contribution in [3.05, 3.63) is 58.4 Å². The maximum absolute atomic E-state index is 12.7. The van der Waals surface area contributed by atoms with Crippen LogP contribution in [0.15, 0.2) is 47.8 Å². The van der Waals surface area contributed by atoms with Gasteiger partial charge in [0, 0.05) is 16.6 Å². The quantitative estimate of drug-likeness (QED) is 0.484. The summed E-state index contributed by atoms with van der Waals surface area (Å²) in [5.41, 5.74) is 3.13. The first-order chi connectivity index (χ1) is 16.5. The molecule has 2 heterocycles. The summed E-state index contributed by atoms with van der Waals surface area (Å²) >= 11 is 1.61. The summed E-state index contributed by atoms with van der Waals surface area (Å²) in [5.74, 6) is -0.552. The van der Waals surface area contributed by atoms with Crippen LogP contribution in [0.3, 0.4) is 0 Å². The summed E-state index contributed by atoms with van der Waals surface area (Å²) in [6.45, 7) is 3.83. The number of benzene rings is 2. The second-order valence-electron chi connectivity index (χ2n) is 7.67. The molecule has 0 aliphatic carbocycles. The van der Waals surface area contributed by atoms with Crippen molar-refractivity contribution in [1.82, 2.24) is 4.98 Å². The Kier molecular flexibility index (Phi) is 7.22. The molecule has 0 saturated carbocycles. The van der Waals surface area contributed by atoms with Crippen LogP contribution in [0.4, 0.5) is 11.4 Å². The first-order valence-electron chi connectivity index (χ1n) is 11.1. The van der Waals surface area contributed by atoms with Crippen LogP contribution in [0.2, 0.25) is 0 Å². The highest BCUT2D eigenvalue weighted by Crippen LogP contribution is 2.36. The number of ether oxygens (including phenoxy) is 2. The summed E-state index contributed by atoms with van der Waals surface area (Å²) in [7, 11) is 0. The van der Waals surface area contributed by atoms with E-state index in [9.17, 15) is 14.4 Å². The van der Waals surface area contributed by atoms with Gasteiger partial charge in [-0.15, -0.1) is 11.3 Å². The number of hydrogen-bond acceptors (Lipinski definition) is 7. The maximum Gasteiger partial charge on any atom is 0.338 e. The van der Waals surface area contributed by atoms with Crippen LogP contribution in [-0.2, 0) is 20.7 Å². The number of aryl methyl sites for hydroxylation is 1. The molecule has 0 atom stereocenters. The third kappa shape index (κ3) is 5.26. The number of nitrogens with one attached hydrogen (secondary N) is 1. The largest absolute Gasteiger partial charge is 0.482 e. The summed E-state index contributed by atoms with van der Waals surface area (Å²) < 4.78 is 10.5. The molecule has 34 heavy (non-hydrogen) atoms. The maximum atomic E-state index is 12.7. The van der Waals surface area contributed by atoms with E-state index in [1.807, 2.05) is 17.5 Å². The first kappa shape index (κ1) is 23.4. The minimum absolute atomic E-state index is 0.134. The Morgan fingerprint density at radius 1 is 1.18 bits per heavy atom. The molecule has 9 heteroatoms.